The van der Waals surface area contributed by atoms with Gasteiger partial charge in [0.25, 0.3) is 0 Å². The fourth-order valence-corrected chi connectivity index (χ4v) is 6.84. The molecule has 3 aliphatic rings. The van der Waals surface area contributed by atoms with Crippen molar-refractivity contribution in [1.29, 1.82) is 0 Å². The molecule has 1 saturated carbocycles. The number of amides is 3. The summed E-state index contributed by atoms with van der Waals surface area (Å²) in [6.45, 7) is 7.11. The molecule has 1 aromatic carbocycles. The number of nitrogens with zero attached hydrogens (tertiary/aromatic N) is 4. The lowest BCUT2D eigenvalue weighted by Gasteiger charge is -2.30. The number of hydrogen-bond acceptors (Lipinski definition) is 9. The Morgan fingerprint density at radius 1 is 1.14 bits per heavy atom. The van der Waals surface area contributed by atoms with Gasteiger partial charge in [-0.25, -0.2) is 19.6 Å². The summed E-state index contributed by atoms with van der Waals surface area (Å²) in [5.41, 5.74) is -0.829. The van der Waals surface area contributed by atoms with E-state index >= 15 is 0 Å². The number of carbonyl (C=O) groups is 4. The van der Waals surface area contributed by atoms with Crippen LogP contribution in [0.4, 0.5) is 4.79 Å². The molecule has 3 aromatic rings. The fraction of sp³-hybridized carbons (Fsp3) is 0.514. The Labute approximate surface area is 296 Å². The normalized spacial score (nSPS) is 26.2. The van der Waals surface area contributed by atoms with E-state index in [0.29, 0.717) is 41.1 Å². The number of aryl methyl sites for hydroxylation is 1. The lowest BCUT2D eigenvalue weighted by Crippen LogP contribution is -2.56. The standard InChI is InChI=1S/C37H46N6O8/c1-22-19-42(21-38-22)31-17-30(26-14-13-24(49-5)15-28(26)39-31)50-25-16-29-32(44)41-37(34(46)47)18-23(37)11-9-7-6-8-10-12-27(33(45)43(29)20-25)40-35(48)51-36(2,3)4/h9,11,13-15,17,19,21,23,25,27,29H,6-8,10,12,16,18,20H2,1-5H3,(H,40,48)(H,41,44)(H,46,47)/b11-9-/t23-,25-,27+,29+,37-/m1/s1. The monoisotopic (exact) mass is 702 g/mol. The SMILES string of the molecule is COc1ccc2c(O[C@@H]3C[C@H]4C(=O)N[C@]5(C(=O)O)C[C@H]5/C=C\CCCCC[C@H](NC(=O)OC(C)(C)C)C(=O)N4C3)cc(-n3cnc(C)c3)nc2c1. The Hall–Kier alpha value is -5.14. The predicted octanol–water partition coefficient (Wildman–Crippen LogP) is 4.46. The maximum absolute atomic E-state index is 14.4. The van der Waals surface area contributed by atoms with Gasteiger partial charge in [0.2, 0.25) is 11.8 Å². The Morgan fingerprint density at radius 2 is 1.94 bits per heavy atom. The maximum atomic E-state index is 14.4. The molecule has 3 N–H and O–H groups in total. The largest absolute Gasteiger partial charge is 0.497 e. The molecule has 0 radical (unpaired) electrons. The molecule has 14 heteroatoms. The number of nitrogens with one attached hydrogen (secondary N) is 2. The summed E-state index contributed by atoms with van der Waals surface area (Å²) in [6, 6.07) is 5.18. The summed E-state index contributed by atoms with van der Waals surface area (Å²) >= 11 is 0. The highest BCUT2D eigenvalue weighted by molar-refractivity contribution is 5.96. The third-order valence-electron chi connectivity index (χ3n) is 9.55. The van der Waals surface area contributed by atoms with Crippen LogP contribution in [0.25, 0.3) is 16.7 Å². The number of rotatable bonds is 6. The van der Waals surface area contributed by atoms with E-state index in [2.05, 4.69) is 15.6 Å². The van der Waals surface area contributed by atoms with Gasteiger partial charge >= 0.3 is 12.1 Å². The second-order valence-electron chi connectivity index (χ2n) is 14.6. The number of ether oxygens (including phenoxy) is 3. The van der Waals surface area contributed by atoms with Gasteiger partial charge in [-0.3, -0.25) is 14.2 Å². The van der Waals surface area contributed by atoms with E-state index in [1.165, 1.54) is 4.90 Å². The second-order valence-corrected chi connectivity index (χ2v) is 14.6. The molecule has 3 amide bonds. The van der Waals surface area contributed by atoms with E-state index in [0.717, 1.165) is 25.0 Å². The molecule has 4 heterocycles. The van der Waals surface area contributed by atoms with Crippen LogP contribution in [0.15, 0.2) is 48.9 Å². The number of carbonyl (C=O) groups excluding carboxylic acids is 3. The highest BCUT2D eigenvalue weighted by Gasteiger charge is 2.61. The van der Waals surface area contributed by atoms with E-state index < -0.39 is 53.2 Å². The number of imidazole rings is 1. The molecule has 2 fully saturated rings. The molecule has 5 atom stereocenters. The minimum absolute atomic E-state index is 0.0201. The van der Waals surface area contributed by atoms with Crippen molar-refractivity contribution >= 4 is 34.8 Å². The number of carboxylic acid groups (broad SMARTS) is 1. The molecule has 0 unspecified atom stereocenters. The lowest BCUT2D eigenvalue weighted by atomic mass is 10.0. The maximum Gasteiger partial charge on any atom is 0.408 e. The smallest absolute Gasteiger partial charge is 0.408 e. The summed E-state index contributed by atoms with van der Waals surface area (Å²) in [5.74, 6) is -0.891. The number of aromatic nitrogens is 3. The van der Waals surface area contributed by atoms with Crippen molar-refractivity contribution in [3.8, 4) is 17.3 Å². The van der Waals surface area contributed by atoms with Crippen molar-refractivity contribution in [1.82, 2.24) is 30.1 Å². The quantitative estimate of drug-likeness (QED) is 0.311. The minimum atomic E-state index is -1.45. The number of fused-ring (bicyclic) bond motifs is 3. The van der Waals surface area contributed by atoms with Gasteiger partial charge in [0.05, 0.1) is 24.9 Å². The lowest BCUT2D eigenvalue weighted by molar-refractivity contribution is -0.145. The summed E-state index contributed by atoms with van der Waals surface area (Å²) in [4.78, 5) is 64.4. The zero-order valence-corrected chi connectivity index (χ0v) is 29.7. The Morgan fingerprint density at radius 3 is 2.65 bits per heavy atom. The van der Waals surface area contributed by atoms with Gasteiger partial charge in [-0.1, -0.05) is 25.0 Å². The molecule has 51 heavy (non-hydrogen) atoms. The van der Waals surface area contributed by atoms with Crippen LogP contribution in [0.1, 0.15) is 71.4 Å². The van der Waals surface area contributed by atoms with Gasteiger partial charge < -0.3 is 34.9 Å². The van der Waals surface area contributed by atoms with Gasteiger partial charge in [-0.05, 0) is 65.5 Å². The number of aliphatic carboxylic acids is 1. The molecular formula is C37H46N6O8. The number of hydrogen-bond donors (Lipinski definition) is 3. The first-order valence-corrected chi connectivity index (χ1v) is 17.4. The molecule has 6 rings (SSSR count). The summed E-state index contributed by atoms with van der Waals surface area (Å²) < 4.78 is 19.3. The molecule has 1 aliphatic carbocycles. The molecule has 2 aliphatic heterocycles. The van der Waals surface area contributed by atoms with Crippen molar-refractivity contribution in [3.63, 3.8) is 0 Å². The third-order valence-corrected chi connectivity index (χ3v) is 9.55. The van der Waals surface area contributed by atoms with Crippen molar-refractivity contribution in [3.05, 3.63) is 54.6 Å². The Balaban J connectivity index is 1.34. The first-order valence-electron chi connectivity index (χ1n) is 17.4. The van der Waals surface area contributed by atoms with Crippen molar-refractivity contribution < 1.29 is 38.5 Å². The first kappa shape index (κ1) is 35.7. The van der Waals surface area contributed by atoms with Crippen molar-refractivity contribution in [2.45, 2.75) is 102 Å². The van der Waals surface area contributed by atoms with Gasteiger partial charge in [-0.2, -0.15) is 0 Å². The molecular weight excluding hydrogens is 656 g/mol. The number of methoxy groups -OCH3 is 1. The Kier molecular flexibility index (Phi) is 9.96. The molecule has 14 nitrogen and oxygen atoms in total. The number of carboxylic acids is 1. The summed E-state index contributed by atoms with van der Waals surface area (Å²) in [5, 5.41) is 16.4. The van der Waals surface area contributed by atoms with Crippen LogP contribution in [0.3, 0.4) is 0 Å². The van der Waals surface area contributed by atoms with Crippen molar-refractivity contribution in [2.75, 3.05) is 13.7 Å². The van der Waals surface area contributed by atoms with Crippen LogP contribution < -0.4 is 20.1 Å². The molecule has 2 aromatic heterocycles. The van der Waals surface area contributed by atoms with E-state index in [1.807, 2.05) is 31.3 Å². The summed E-state index contributed by atoms with van der Waals surface area (Å²) in [7, 11) is 1.57. The first-order chi connectivity index (χ1) is 24.3. The predicted molar refractivity (Wildman–Crippen MR) is 187 cm³/mol. The highest BCUT2D eigenvalue weighted by atomic mass is 16.6. The van der Waals surface area contributed by atoms with E-state index in [1.54, 1.807) is 57.0 Å². The molecule has 0 spiro atoms. The molecule has 272 valence electrons. The Bertz CT molecular complexity index is 1850. The van der Waals surface area contributed by atoms with Crippen LogP contribution in [-0.4, -0.2) is 91.4 Å². The van der Waals surface area contributed by atoms with Gasteiger partial charge in [0.1, 0.15) is 53.0 Å². The van der Waals surface area contributed by atoms with E-state index in [9.17, 15) is 24.3 Å². The summed E-state index contributed by atoms with van der Waals surface area (Å²) in [6.07, 6.45) is 9.63. The van der Waals surface area contributed by atoms with E-state index in [-0.39, 0.29) is 25.3 Å². The second kappa shape index (κ2) is 14.2. The van der Waals surface area contributed by atoms with Gasteiger partial charge in [0, 0.05) is 36.1 Å². The van der Waals surface area contributed by atoms with Crippen LogP contribution in [-0.2, 0) is 19.1 Å². The number of allylic oxidation sites excluding steroid dienone is 1. The zero-order chi connectivity index (χ0) is 36.5. The topological polar surface area (TPSA) is 174 Å². The van der Waals surface area contributed by atoms with Crippen molar-refractivity contribution in [2.24, 2.45) is 5.92 Å². The van der Waals surface area contributed by atoms with E-state index in [4.69, 9.17) is 19.2 Å². The third kappa shape index (κ3) is 7.94. The van der Waals surface area contributed by atoms with Crippen LogP contribution in [0, 0.1) is 12.8 Å². The number of alkyl carbamates (subject to hydrolysis) is 1. The number of benzene rings is 1. The van der Waals surface area contributed by atoms with Gasteiger partial charge in [0.15, 0.2) is 0 Å². The zero-order valence-electron chi connectivity index (χ0n) is 29.7. The molecule has 0 bridgehead atoms. The minimum Gasteiger partial charge on any atom is -0.497 e. The van der Waals surface area contributed by atoms with Crippen LogP contribution in [0.2, 0.25) is 0 Å². The van der Waals surface area contributed by atoms with Gasteiger partial charge in [-0.15, -0.1) is 0 Å². The highest BCUT2D eigenvalue weighted by Crippen LogP contribution is 2.45. The van der Waals surface area contributed by atoms with Crippen LogP contribution in [0.5, 0.6) is 11.5 Å². The fourth-order valence-electron chi connectivity index (χ4n) is 6.84. The van der Waals surface area contributed by atoms with Crippen LogP contribution >= 0.6 is 0 Å². The molecule has 1 saturated heterocycles. The number of pyridine rings is 1. The average molecular weight is 703 g/mol. The average Bonchev–Trinajstić information content (AvgIpc) is 3.34.